The van der Waals surface area contributed by atoms with Crippen LogP contribution in [0.15, 0.2) is 69.8 Å². The van der Waals surface area contributed by atoms with Crippen molar-refractivity contribution in [3.05, 3.63) is 80.5 Å². The van der Waals surface area contributed by atoms with Crippen LogP contribution < -0.4 is 20.9 Å². The number of nitrogens with one attached hydrogen (secondary N) is 3. The lowest BCUT2D eigenvalue weighted by molar-refractivity contribution is 0.256. The highest BCUT2D eigenvalue weighted by atomic mass is 35.5. The maximum atomic E-state index is 13.1. The molecule has 0 unspecified atom stereocenters. The van der Waals surface area contributed by atoms with Gasteiger partial charge in [0.05, 0.1) is 15.0 Å². The summed E-state index contributed by atoms with van der Waals surface area (Å²) in [5.41, 5.74) is 1.35. The number of pyridine rings is 1. The Morgan fingerprint density at radius 3 is 2.49 bits per heavy atom. The van der Waals surface area contributed by atoms with E-state index in [9.17, 15) is 18.0 Å². The zero-order chi connectivity index (χ0) is 25.2. The summed E-state index contributed by atoms with van der Waals surface area (Å²) in [6, 6.07) is 13.6. The number of amides is 2. The van der Waals surface area contributed by atoms with Crippen molar-refractivity contribution >= 4 is 72.7 Å². The predicted octanol–water partition coefficient (Wildman–Crippen LogP) is 5.69. The van der Waals surface area contributed by atoms with E-state index in [1.807, 2.05) is 22.9 Å². The highest BCUT2D eigenvalue weighted by Crippen LogP contribution is 2.27. The highest BCUT2D eigenvalue weighted by Gasteiger charge is 2.20. The summed E-state index contributed by atoms with van der Waals surface area (Å²) in [6.45, 7) is 2.91. The standard InChI is InChI=1S/C23H20Cl2N4O4S2/c1-2-10-26-15-3-5-17-14(12-15)9-11-29(22(17)30)19-6-4-16(13-18(19)24)27-23(31)28-35(32,33)21-8-7-20(25)34-21/h3-9,11-13,26H,2,10H2,1H3,(H2,27,28,31). The summed E-state index contributed by atoms with van der Waals surface area (Å²) in [7, 11) is -4.07. The first-order valence-electron chi connectivity index (χ1n) is 10.5. The van der Waals surface area contributed by atoms with Crippen LogP contribution in [-0.4, -0.2) is 25.6 Å². The van der Waals surface area contributed by atoms with Crippen molar-refractivity contribution < 1.29 is 13.2 Å². The van der Waals surface area contributed by atoms with E-state index in [2.05, 4.69) is 17.6 Å². The van der Waals surface area contributed by atoms with Crippen LogP contribution in [0.25, 0.3) is 16.5 Å². The Kier molecular flexibility index (Phi) is 7.36. The van der Waals surface area contributed by atoms with Crippen molar-refractivity contribution in [1.29, 1.82) is 0 Å². The van der Waals surface area contributed by atoms with Crippen molar-refractivity contribution in [3.63, 3.8) is 0 Å². The van der Waals surface area contributed by atoms with Crippen LogP contribution in [0.2, 0.25) is 9.36 Å². The van der Waals surface area contributed by atoms with Gasteiger partial charge in [0, 0.05) is 29.5 Å². The predicted molar refractivity (Wildman–Crippen MR) is 142 cm³/mol. The van der Waals surface area contributed by atoms with E-state index >= 15 is 0 Å². The van der Waals surface area contributed by atoms with Crippen LogP contribution in [0.5, 0.6) is 0 Å². The molecule has 12 heteroatoms. The second-order valence-corrected chi connectivity index (χ2v) is 11.5. The van der Waals surface area contributed by atoms with E-state index in [0.29, 0.717) is 11.1 Å². The fourth-order valence-corrected chi connectivity index (χ4v) is 6.03. The highest BCUT2D eigenvalue weighted by molar-refractivity contribution is 7.92. The maximum absolute atomic E-state index is 13.1. The molecule has 0 radical (unpaired) electrons. The van der Waals surface area contributed by atoms with Gasteiger partial charge in [-0.25, -0.2) is 17.9 Å². The number of halogens is 2. The first-order chi connectivity index (χ1) is 16.7. The van der Waals surface area contributed by atoms with Gasteiger partial charge in [0.2, 0.25) is 0 Å². The lowest BCUT2D eigenvalue weighted by Gasteiger charge is -2.13. The smallest absolute Gasteiger partial charge is 0.333 e. The monoisotopic (exact) mass is 550 g/mol. The number of sulfonamides is 1. The van der Waals surface area contributed by atoms with E-state index in [1.165, 1.54) is 28.8 Å². The molecule has 2 heterocycles. The molecule has 182 valence electrons. The van der Waals surface area contributed by atoms with Crippen molar-refractivity contribution in [2.45, 2.75) is 17.6 Å². The molecule has 4 rings (SSSR count). The Morgan fingerprint density at radius 2 is 1.80 bits per heavy atom. The molecule has 0 aliphatic heterocycles. The van der Waals surface area contributed by atoms with Gasteiger partial charge in [-0.2, -0.15) is 0 Å². The topological polar surface area (TPSA) is 109 Å². The van der Waals surface area contributed by atoms with Crippen molar-refractivity contribution in [1.82, 2.24) is 9.29 Å². The molecule has 0 saturated heterocycles. The number of aromatic nitrogens is 1. The third kappa shape index (κ3) is 5.62. The summed E-state index contributed by atoms with van der Waals surface area (Å²) < 4.78 is 28.1. The first kappa shape index (κ1) is 25.1. The molecule has 0 aliphatic rings. The van der Waals surface area contributed by atoms with Gasteiger partial charge >= 0.3 is 6.03 Å². The molecule has 0 aliphatic carbocycles. The largest absolute Gasteiger partial charge is 0.385 e. The summed E-state index contributed by atoms with van der Waals surface area (Å²) in [5.74, 6) is 0. The van der Waals surface area contributed by atoms with E-state index in [-0.39, 0.29) is 24.8 Å². The molecule has 0 saturated carbocycles. The molecule has 2 aromatic heterocycles. The van der Waals surface area contributed by atoms with Crippen LogP contribution in [0.1, 0.15) is 13.3 Å². The van der Waals surface area contributed by atoms with Crippen LogP contribution in [-0.2, 0) is 10.0 Å². The number of anilines is 2. The first-order valence-corrected chi connectivity index (χ1v) is 13.5. The Labute approximate surface area is 215 Å². The van der Waals surface area contributed by atoms with Crippen LogP contribution >= 0.6 is 34.5 Å². The Balaban J connectivity index is 1.54. The van der Waals surface area contributed by atoms with Gasteiger partial charge in [-0.1, -0.05) is 30.1 Å². The van der Waals surface area contributed by atoms with Gasteiger partial charge in [0.15, 0.2) is 0 Å². The Hall–Kier alpha value is -3.05. The molecule has 0 spiro atoms. The summed E-state index contributed by atoms with van der Waals surface area (Å²) >= 11 is 13.0. The molecule has 3 N–H and O–H groups in total. The molecule has 4 aromatic rings. The van der Waals surface area contributed by atoms with Gasteiger partial charge in [-0.05, 0) is 66.4 Å². The third-order valence-corrected chi connectivity index (χ3v) is 8.35. The summed E-state index contributed by atoms with van der Waals surface area (Å²) in [5, 5.41) is 7.24. The minimum absolute atomic E-state index is 0.0880. The average molecular weight is 551 g/mol. The zero-order valence-corrected chi connectivity index (χ0v) is 21.5. The average Bonchev–Trinajstić information content (AvgIpc) is 3.25. The second kappa shape index (κ2) is 10.3. The molecule has 35 heavy (non-hydrogen) atoms. The number of fused-ring (bicyclic) bond motifs is 1. The maximum Gasteiger partial charge on any atom is 0.333 e. The molecule has 0 bridgehead atoms. The van der Waals surface area contributed by atoms with Crippen LogP contribution in [0, 0.1) is 0 Å². The number of urea groups is 1. The van der Waals surface area contributed by atoms with Crippen LogP contribution in [0.3, 0.4) is 0 Å². The Morgan fingerprint density at radius 1 is 1.03 bits per heavy atom. The SMILES string of the molecule is CCCNc1ccc2c(=O)n(-c3ccc(NC(=O)NS(=O)(=O)c4ccc(Cl)s4)cc3Cl)ccc2c1. The minimum atomic E-state index is -4.07. The Bertz CT molecular complexity index is 1580. The quantitative estimate of drug-likeness (QED) is 0.273. The molecule has 0 fully saturated rings. The number of hydrogen-bond donors (Lipinski definition) is 3. The number of nitrogens with zero attached hydrogens (tertiary/aromatic N) is 1. The van der Waals surface area contributed by atoms with Gasteiger partial charge in [-0.3, -0.25) is 9.36 Å². The normalized spacial score (nSPS) is 11.4. The van der Waals surface area contributed by atoms with E-state index in [1.54, 1.807) is 18.3 Å². The zero-order valence-electron chi connectivity index (χ0n) is 18.3. The fraction of sp³-hybridized carbons (Fsp3) is 0.130. The van der Waals surface area contributed by atoms with Gasteiger partial charge in [0.25, 0.3) is 15.6 Å². The molecule has 8 nitrogen and oxygen atoms in total. The minimum Gasteiger partial charge on any atom is -0.385 e. The number of benzene rings is 2. The van der Waals surface area contributed by atoms with Crippen LogP contribution in [0.4, 0.5) is 16.2 Å². The lowest BCUT2D eigenvalue weighted by Crippen LogP contribution is -2.33. The molecule has 2 amide bonds. The van der Waals surface area contributed by atoms with Gasteiger partial charge in [0.1, 0.15) is 4.21 Å². The fourth-order valence-electron chi connectivity index (χ4n) is 3.37. The molecule has 2 aromatic carbocycles. The van der Waals surface area contributed by atoms with Gasteiger partial charge in [-0.15, -0.1) is 11.3 Å². The third-order valence-electron chi connectivity index (χ3n) is 4.99. The van der Waals surface area contributed by atoms with Gasteiger partial charge < -0.3 is 10.6 Å². The lowest BCUT2D eigenvalue weighted by atomic mass is 10.1. The summed E-state index contributed by atoms with van der Waals surface area (Å²) in [4.78, 5) is 25.3. The number of carbonyl (C=O) groups is 1. The van der Waals surface area contributed by atoms with Crippen molar-refractivity contribution in [2.75, 3.05) is 17.2 Å². The summed E-state index contributed by atoms with van der Waals surface area (Å²) in [6.07, 6.45) is 2.62. The number of hydrogen-bond acceptors (Lipinski definition) is 6. The van der Waals surface area contributed by atoms with E-state index in [4.69, 9.17) is 23.2 Å². The molecular weight excluding hydrogens is 531 g/mol. The molecular formula is C23H20Cl2N4O4S2. The number of rotatable bonds is 7. The van der Waals surface area contributed by atoms with E-state index in [0.717, 1.165) is 35.4 Å². The van der Waals surface area contributed by atoms with Crippen molar-refractivity contribution in [3.8, 4) is 5.69 Å². The second-order valence-electron chi connectivity index (χ2n) is 7.50. The molecule has 0 atom stereocenters. The van der Waals surface area contributed by atoms with E-state index < -0.39 is 16.1 Å². The number of thiophene rings is 1. The van der Waals surface area contributed by atoms with Crippen molar-refractivity contribution in [2.24, 2.45) is 0 Å². The number of carbonyl (C=O) groups excluding carboxylic acids is 1.